The molecular formula is C23H30N4O6. The molecule has 0 atom stereocenters. The standard InChI is InChI=1S/C23H30N4O6/c1-29-19-12-18(13-20(30-2)22(19)31-3)25-21(28)15-33-26-23(24)17-6-4-16(5-7-17)14-27-8-10-32-11-9-27/h4-7,12-13H,8-11,14-15H2,1-3H3,(H2,24,26)(H,25,28). The van der Waals surface area contributed by atoms with Crippen LogP contribution in [0, 0.1) is 0 Å². The minimum Gasteiger partial charge on any atom is -0.493 e. The van der Waals surface area contributed by atoms with Crippen LogP contribution in [-0.4, -0.2) is 70.9 Å². The van der Waals surface area contributed by atoms with Gasteiger partial charge in [0.1, 0.15) is 0 Å². The lowest BCUT2D eigenvalue weighted by molar-refractivity contribution is -0.120. The summed E-state index contributed by atoms with van der Waals surface area (Å²) in [6.45, 7) is 3.93. The molecule has 1 aliphatic heterocycles. The molecular weight excluding hydrogens is 428 g/mol. The summed E-state index contributed by atoms with van der Waals surface area (Å²) in [5.41, 5.74) is 8.35. The lowest BCUT2D eigenvalue weighted by Gasteiger charge is -2.26. The summed E-state index contributed by atoms with van der Waals surface area (Å²) >= 11 is 0. The van der Waals surface area contributed by atoms with Crippen molar-refractivity contribution >= 4 is 17.4 Å². The smallest absolute Gasteiger partial charge is 0.265 e. The van der Waals surface area contributed by atoms with E-state index in [1.807, 2.05) is 24.3 Å². The van der Waals surface area contributed by atoms with E-state index in [1.54, 1.807) is 12.1 Å². The van der Waals surface area contributed by atoms with Crippen molar-refractivity contribution in [3.05, 3.63) is 47.5 Å². The molecule has 1 aliphatic rings. The second-order valence-electron chi connectivity index (χ2n) is 7.30. The van der Waals surface area contributed by atoms with Crippen LogP contribution in [0.1, 0.15) is 11.1 Å². The number of amidine groups is 1. The molecule has 1 saturated heterocycles. The Kier molecular flexibility index (Phi) is 8.73. The zero-order chi connectivity index (χ0) is 23.6. The number of hydrogen-bond donors (Lipinski definition) is 2. The summed E-state index contributed by atoms with van der Waals surface area (Å²) in [6, 6.07) is 11.0. The minimum absolute atomic E-state index is 0.188. The van der Waals surface area contributed by atoms with Gasteiger partial charge in [-0.15, -0.1) is 0 Å². The topological polar surface area (TPSA) is 117 Å². The maximum Gasteiger partial charge on any atom is 0.265 e. The van der Waals surface area contributed by atoms with Crippen molar-refractivity contribution in [3.63, 3.8) is 0 Å². The molecule has 0 spiro atoms. The summed E-state index contributed by atoms with van der Waals surface area (Å²) < 4.78 is 21.2. The normalized spacial score (nSPS) is 14.5. The van der Waals surface area contributed by atoms with Gasteiger partial charge in [-0.05, 0) is 5.56 Å². The van der Waals surface area contributed by atoms with Crippen LogP contribution in [0.4, 0.5) is 5.69 Å². The molecule has 178 valence electrons. The van der Waals surface area contributed by atoms with Crippen molar-refractivity contribution in [2.45, 2.75) is 6.54 Å². The predicted octanol–water partition coefficient (Wildman–Crippen LogP) is 1.82. The van der Waals surface area contributed by atoms with E-state index in [4.69, 9.17) is 29.5 Å². The molecule has 0 radical (unpaired) electrons. The molecule has 0 unspecified atom stereocenters. The molecule has 1 amide bonds. The van der Waals surface area contributed by atoms with Gasteiger partial charge in [0.05, 0.1) is 34.5 Å². The molecule has 10 nitrogen and oxygen atoms in total. The molecule has 10 heteroatoms. The fraction of sp³-hybridized carbons (Fsp3) is 0.391. The van der Waals surface area contributed by atoms with Crippen molar-refractivity contribution in [1.82, 2.24) is 4.90 Å². The van der Waals surface area contributed by atoms with Crippen LogP contribution >= 0.6 is 0 Å². The fourth-order valence-corrected chi connectivity index (χ4v) is 3.36. The van der Waals surface area contributed by atoms with Gasteiger partial charge >= 0.3 is 0 Å². The highest BCUT2D eigenvalue weighted by Gasteiger charge is 2.15. The lowest BCUT2D eigenvalue weighted by Crippen LogP contribution is -2.35. The third-order valence-electron chi connectivity index (χ3n) is 5.07. The van der Waals surface area contributed by atoms with E-state index in [2.05, 4.69) is 15.4 Å². The van der Waals surface area contributed by atoms with Gasteiger partial charge in [-0.25, -0.2) is 0 Å². The number of nitrogens with one attached hydrogen (secondary N) is 1. The van der Waals surface area contributed by atoms with E-state index in [1.165, 1.54) is 26.9 Å². The first-order chi connectivity index (χ1) is 16.0. The average molecular weight is 459 g/mol. The number of carbonyl (C=O) groups is 1. The second kappa shape index (κ2) is 11.9. The van der Waals surface area contributed by atoms with Gasteiger partial charge in [0, 0.05) is 43.0 Å². The number of oxime groups is 1. The van der Waals surface area contributed by atoms with E-state index in [0.29, 0.717) is 28.5 Å². The molecule has 3 N–H and O–H groups in total. The molecule has 0 aromatic heterocycles. The molecule has 0 bridgehead atoms. The Balaban J connectivity index is 1.52. The number of hydrogen-bond acceptors (Lipinski definition) is 8. The SMILES string of the molecule is COc1cc(NC(=O)CON=C(N)c2ccc(CN3CCOCC3)cc2)cc(OC)c1OC. The number of amides is 1. The van der Waals surface area contributed by atoms with Crippen LogP contribution < -0.4 is 25.3 Å². The van der Waals surface area contributed by atoms with Gasteiger partial charge in [0.2, 0.25) is 5.75 Å². The molecule has 0 aliphatic carbocycles. The number of methoxy groups -OCH3 is 3. The quantitative estimate of drug-likeness (QED) is 0.315. The van der Waals surface area contributed by atoms with Crippen molar-refractivity contribution in [2.75, 3.05) is 59.6 Å². The fourth-order valence-electron chi connectivity index (χ4n) is 3.36. The van der Waals surface area contributed by atoms with E-state index in [-0.39, 0.29) is 12.4 Å². The third-order valence-corrected chi connectivity index (χ3v) is 5.07. The van der Waals surface area contributed by atoms with Gasteiger partial charge < -0.3 is 34.8 Å². The van der Waals surface area contributed by atoms with E-state index >= 15 is 0 Å². The number of nitrogens with zero attached hydrogens (tertiary/aromatic N) is 2. The van der Waals surface area contributed by atoms with Crippen molar-refractivity contribution in [1.29, 1.82) is 0 Å². The Morgan fingerprint density at radius 1 is 1.06 bits per heavy atom. The first-order valence-corrected chi connectivity index (χ1v) is 10.5. The highest BCUT2D eigenvalue weighted by Crippen LogP contribution is 2.39. The summed E-state index contributed by atoms with van der Waals surface area (Å²) in [6.07, 6.45) is 0. The Bertz CT molecular complexity index is 933. The first kappa shape index (κ1) is 24.1. The van der Waals surface area contributed by atoms with Crippen LogP contribution in [-0.2, 0) is 20.9 Å². The summed E-state index contributed by atoms with van der Waals surface area (Å²) in [5, 5.41) is 6.55. The van der Waals surface area contributed by atoms with Gasteiger partial charge in [-0.1, -0.05) is 29.4 Å². The first-order valence-electron chi connectivity index (χ1n) is 10.5. The van der Waals surface area contributed by atoms with Crippen LogP contribution in [0.3, 0.4) is 0 Å². The zero-order valence-electron chi connectivity index (χ0n) is 19.1. The van der Waals surface area contributed by atoms with E-state index in [9.17, 15) is 4.79 Å². The summed E-state index contributed by atoms with van der Waals surface area (Å²) in [4.78, 5) is 19.7. The summed E-state index contributed by atoms with van der Waals surface area (Å²) in [5.74, 6) is 1.05. The van der Waals surface area contributed by atoms with Gasteiger partial charge in [0.15, 0.2) is 23.9 Å². The maximum absolute atomic E-state index is 12.2. The van der Waals surface area contributed by atoms with Gasteiger partial charge in [-0.2, -0.15) is 0 Å². The second-order valence-corrected chi connectivity index (χ2v) is 7.30. The number of anilines is 1. The maximum atomic E-state index is 12.2. The van der Waals surface area contributed by atoms with Crippen molar-refractivity contribution in [3.8, 4) is 17.2 Å². The van der Waals surface area contributed by atoms with Crippen molar-refractivity contribution < 1.29 is 28.6 Å². The predicted molar refractivity (Wildman–Crippen MR) is 124 cm³/mol. The van der Waals surface area contributed by atoms with Crippen LogP contribution in [0.2, 0.25) is 0 Å². The molecule has 2 aromatic rings. The van der Waals surface area contributed by atoms with Crippen LogP contribution in [0.25, 0.3) is 0 Å². The molecule has 0 saturated carbocycles. The molecule has 1 fully saturated rings. The Labute approximate surface area is 193 Å². The van der Waals surface area contributed by atoms with E-state index in [0.717, 1.165) is 32.8 Å². The Morgan fingerprint density at radius 3 is 2.27 bits per heavy atom. The molecule has 3 rings (SSSR count). The monoisotopic (exact) mass is 458 g/mol. The van der Waals surface area contributed by atoms with Crippen molar-refractivity contribution in [2.24, 2.45) is 10.9 Å². The largest absolute Gasteiger partial charge is 0.493 e. The number of carbonyl (C=O) groups excluding carboxylic acids is 1. The molecule has 2 aromatic carbocycles. The average Bonchev–Trinajstić information content (AvgIpc) is 2.84. The van der Waals surface area contributed by atoms with Gasteiger partial charge in [-0.3, -0.25) is 9.69 Å². The molecule has 1 heterocycles. The number of ether oxygens (including phenoxy) is 4. The molecule has 33 heavy (non-hydrogen) atoms. The highest BCUT2D eigenvalue weighted by atomic mass is 16.6. The summed E-state index contributed by atoms with van der Waals surface area (Å²) in [7, 11) is 4.50. The number of morpholine rings is 1. The highest BCUT2D eigenvalue weighted by molar-refractivity contribution is 5.97. The minimum atomic E-state index is -0.415. The number of benzene rings is 2. The van der Waals surface area contributed by atoms with Gasteiger partial charge in [0.25, 0.3) is 5.91 Å². The Hall–Kier alpha value is -3.50. The van der Waals surface area contributed by atoms with Crippen LogP contribution in [0.15, 0.2) is 41.6 Å². The number of nitrogens with two attached hydrogens (primary N) is 1. The lowest BCUT2D eigenvalue weighted by atomic mass is 10.1. The third kappa shape index (κ3) is 6.74. The van der Waals surface area contributed by atoms with E-state index < -0.39 is 5.91 Å². The van der Waals surface area contributed by atoms with Crippen LogP contribution in [0.5, 0.6) is 17.2 Å². The number of rotatable bonds is 10. The Morgan fingerprint density at radius 2 is 1.70 bits per heavy atom. The zero-order valence-corrected chi connectivity index (χ0v) is 19.1.